The first kappa shape index (κ1) is 26.7. The van der Waals surface area contributed by atoms with Crippen LogP contribution in [0, 0.1) is 6.92 Å². The molecule has 0 bridgehead atoms. The van der Waals surface area contributed by atoms with E-state index in [1.807, 2.05) is 19.1 Å². The van der Waals surface area contributed by atoms with E-state index in [0.717, 1.165) is 11.1 Å². The van der Waals surface area contributed by atoms with Gasteiger partial charge < -0.3 is 25.4 Å². The normalized spacial score (nSPS) is 11.4. The van der Waals surface area contributed by atoms with E-state index >= 15 is 0 Å². The van der Waals surface area contributed by atoms with Crippen molar-refractivity contribution >= 4 is 29.3 Å². The van der Waals surface area contributed by atoms with Crippen molar-refractivity contribution in [1.82, 2.24) is 5.32 Å². The maximum atomic E-state index is 12.4. The molecule has 0 heterocycles. The highest BCUT2D eigenvalue weighted by Gasteiger charge is 2.20. The molecule has 0 aliphatic heterocycles. The second-order valence-corrected chi connectivity index (χ2v) is 10.1. The summed E-state index contributed by atoms with van der Waals surface area (Å²) in [6, 6.07) is 12.6. The van der Waals surface area contributed by atoms with E-state index in [1.54, 1.807) is 45.0 Å². The Hall–Kier alpha value is -3.55. The zero-order chi connectivity index (χ0) is 25.5. The van der Waals surface area contributed by atoms with Crippen LogP contribution in [0.15, 0.2) is 42.5 Å². The smallest absolute Gasteiger partial charge is 0.408 e. The molecular formula is C26H35N3O5. The number of alkyl carbamates (subject to hydrolysis) is 1. The van der Waals surface area contributed by atoms with Gasteiger partial charge in [0.15, 0.2) is 6.61 Å². The van der Waals surface area contributed by atoms with Crippen LogP contribution in [0.4, 0.5) is 16.2 Å². The first-order valence-electron chi connectivity index (χ1n) is 11.1. The topological polar surface area (TPSA) is 106 Å². The van der Waals surface area contributed by atoms with Gasteiger partial charge in [-0.3, -0.25) is 9.59 Å². The minimum atomic E-state index is -0.664. The molecule has 0 unspecified atom stereocenters. The number of ether oxygens (including phenoxy) is 2. The Labute approximate surface area is 201 Å². The van der Waals surface area contributed by atoms with Crippen molar-refractivity contribution in [3.05, 3.63) is 53.6 Å². The zero-order valence-corrected chi connectivity index (χ0v) is 21.0. The van der Waals surface area contributed by atoms with Gasteiger partial charge in [0.05, 0.1) is 0 Å². The van der Waals surface area contributed by atoms with Crippen molar-refractivity contribution < 1.29 is 23.9 Å². The summed E-state index contributed by atoms with van der Waals surface area (Å²) in [6.07, 6.45) is -0.664. The van der Waals surface area contributed by atoms with E-state index in [-0.39, 0.29) is 24.5 Å². The molecule has 3 N–H and O–H groups in total. The molecule has 0 fully saturated rings. The number of anilines is 2. The van der Waals surface area contributed by atoms with Crippen molar-refractivity contribution in [1.29, 1.82) is 0 Å². The van der Waals surface area contributed by atoms with Crippen molar-refractivity contribution in [3.63, 3.8) is 0 Å². The minimum absolute atomic E-state index is 0.111. The fraction of sp³-hybridized carbons (Fsp3) is 0.423. The SMILES string of the molecule is Cc1ccc(OCC(=O)Nc2ccc(NC(=O)CNC(=O)OC(C)(C)C)cc2)c(C(C)(C)C)c1. The van der Waals surface area contributed by atoms with E-state index in [0.29, 0.717) is 17.1 Å². The molecule has 8 nitrogen and oxygen atoms in total. The Morgan fingerprint density at radius 1 is 0.824 bits per heavy atom. The third kappa shape index (κ3) is 9.13. The van der Waals surface area contributed by atoms with E-state index in [9.17, 15) is 14.4 Å². The number of hydrogen-bond acceptors (Lipinski definition) is 5. The lowest BCUT2D eigenvalue weighted by Crippen LogP contribution is -2.37. The fourth-order valence-corrected chi connectivity index (χ4v) is 3.00. The molecule has 0 aliphatic rings. The number of benzene rings is 2. The molecule has 0 aromatic heterocycles. The average Bonchev–Trinajstić information content (AvgIpc) is 2.71. The molecule has 34 heavy (non-hydrogen) atoms. The van der Waals surface area contributed by atoms with Crippen LogP contribution < -0.4 is 20.7 Å². The summed E-state index contributed by atoms with van der Waals surface area (Å²) < 4.78 is 10.9. The number of nitrogens with one attached hydrogen (secondary N) is 3. The molecule has 8 heteroatoms. The minimum Gasteiger partial charge on any atom is -0.483 e. The Morgan fingerprint density at radius 2 is 1.38 bits per heavy atom. The Bertz CT molecular complexity index is 1020. The van der Waals surface area contributed by atoms with Crippen LogP contribution in [0.25, 0.3) is 0 Å². The maximum absolute atomic E-state index is 12.4. The third-order valence-electron chi connectivity index (χ3n) is 4.55. The summed E-state index contributed by atoms with van der Waals surface area (Å²) in [4.78, 5) is 36.0. The summed E-state index contributed by atoms with van der Waals surface area (Å²) >= 11 is 0. The molecule has 0 atom stereocenters. The highest BCUT2D eigenvalue weighted by atomic mass is 16.6. The van der Waals surface area contributed by atoms with Crippen LogP contribution in [0.2, 0.25) is 0 Å². The molecule has 0 spiro atoms. The van der Waals surface area contributed by atoms with Gasteiger partial charge in [0.1, 0.15) is 17.9 Å². The first-order chi connectivity index (χ1) is 15.7. The molecule has 2 rings (SSSR count). The van der Waals surface area contributed by atoms with Gasteiger partial charge in [-0.05, 0) is 69.0 Å². The van der Waals surface area contributed by atoms with Gasteiger partial charge in [0.25, 0.3) is 5.91 Å². The van der Waals surface area contributed by atoms with Crippen LogP contribution in [-0.2, 0) is 19.7 Å². The van der Waals surface area contributed by atoms with Gasteiger partial charge in [-0.15, -0.1) is 0 Å². The maximum Gasteiger partial charge on any atom is 0.408 e. The highest BCUT2D eigenvalue weighted by Crippen LogP contribution is 2.32. The summed E-state index contributed by atoms with van der Waals surface area (Å²) in [5.41, 5.74) is 2.52. The van der Waals surface area contributed by atoms with Gasteiger partial charge in [-0.25, -0.2) is 4.79 Å². The summed E-state index contributed by atoms with van der Waals surface area (Å²) in [7, 11) is 0. The molecule has 2 aromatic carbocycles. The molecule has 0 saturated carbocycles. The van der Waals surface area contributed by atoms with Gasteiger partial charge in [0.2, 0.25) is 5.91 Å². The predicted molar refractivity (Wildman–Crippen MR) is 133 cm³/mol. The monoisotopic (exact) mass is 469 g/mol. The lowest BCUT2D eigenvalue weighted by atomic mass is 9.85. The first-order valence-corrected chi connectivity index (χ1v) is 11.1. The van der Waals surface area contributed by atoms with Crippen LogP contribution >= 0.6 is 0 Å². The molecule has 0 aliphatic carbocycles. The molecule has 0 saturated heterocycles. The van der Waals surface area contributed by atoms with E-state index in [4.69, 9.17) is 9.47 Å². The Kier molecular flexibility index (Phi) is 8.68. The van der Waals surface area contributed by atoms with Gasteiger partial charge >= 0.3 is 6.09 Å². The second-order valence-electron chi connectivity index (χ2n) is 10.1. The van der Waals surface area contributed by atoms with Gasteiger partial charge in [-0.1, -0.05) is 38.5 Å². The largest absolute Gasteiger partial charge is 0.483 e. The Morgan fingerprint density at radius 3 is 1.91 bits per heavy atom. The standard InChI is InChI=1S/C26H35N3O5/c1-17-8-13-21(20(14-17)25(2,3)4)33-16-23(31)29-19-11-9-18(10-12-19)28-22(30)15-27-24(32)34-26(5,6)7/h8-14H,15-16H2,1-7H3,(H,27,32)(H,28,30)(H,29,31). The number of carbonyl (C=O) groups excluding carboxylic acids is 3. The molecule has 2 aromatic rings. The van der Waals surface area contributed by atoms with Crippen LogP contribution in [0.3, 0.4) is 0 Å². The Balaban J connectivity index is 1.84. The average molecular weight is 470 g/mol. The van der Waals surface area contributed by atoms with E-state index < -0.39 is 17.6 Å². The fourth-order valence-electron chi connectivity index (χ4n) is 3.00. The summed E-state index contributed by atoms with van der Waals surface area (Å²) in [5, 5.41) is 7.84. The summed E-state index contributed by atoms with van der Waals surface area (Å²) in [6.45, 7) is 13.2. The van der Waals surface area contributed by atoms with Crippen LogP contribution in [0.5, 0.6) is 5.75 Å². The van der Waals surface area contributed by atoms with Gasteiger partial charge in [-0.2, -0.15) is 0 Å². The van der Waals surface area contributed by atoms with E-state index in [1.165, 1.54) is 0 Å². The summed E-state index contributed by atoms with van der Waals surface area (Å²) in [5.74, 6) is -0.00567. The van der Waals surface area contributed by atoms with Crippen molar-refractivity contribution in [2.75, 3.05) is 23.8 Å². The highest BCUT2D eigenvalue weighted by molar-refractivity contribution is 5.95. The molecule has 3 amide bonds. The predicted octanol–water partition coefficient (Wildman–Crippen LogP) is 4.77. The quantitative estimate of drug-likeness (QED) is 0.541. The lowest BCUT2D eigenvalue weighted by molar-refractivity contribution is -0.118. The number of aryl methyl sites for hydroxylation is 1. The van der Waals surface area contributed by atoms with Crippen molar-refractivity contribution in [2.24, 2.45) is 0 Å². The van der Waals surface area contributed by atoms with Gasteiger partial charge in [0, 0.05) is 11.4 Å². The lowest BCUT2D eigenvalue weighted by Gasteiger charge is -2.23. The molecule has 0 radical (unpaired) electrons. The van der Waals surface area contributed by atoms with Crippen molar-refractivity contribution in [3.8, 4) is 5.75 Å². The number of carbonyl (C=O) groups is 3. The van der Waals surface area contributed by atoms with Crippen LogP contribution in [0.1, 0.15) is 52.7 Å². The molecular weight excluding hydrogens is 434 g/mol. The number of rotatable bonds is 7. The third-order valence-corrected chi connectivity index (χ3v) is 4.55. The molecule has 184 valence electrons. The van der Waals surface area contributed by atoms with Crippen LogP contribution in [-0.4, -0.2) is 36.7 Å². The number of amides is 3. The van der Waals surface area contributed by atoms with E-state index in [2.05, 4.69) is 42.8 Å². The number of hydrogen-bond donors (Lipinski definition) is 3. The zero-order valence-electron chi connectivity index (χ0n) is 21.0. The van der Waals surface area contributed by atoms with Crippen molar-refractivity contribution in [2.45, 2.75) is 59.5 Å². The second kappa shape index (κ2) is 11.0.